The van der Waals surface area contributed by atoms with Crippen molar-refractivity contribution in [1.82, 2.24) is 14.9 Å². The number of nitrogens with one attached hydrogen (secondary N) is 1. The highest BCUT2D eigenvalue weighted by Crippen LogP contribution is 2.33. The quantitative estimate of drug-likeness (QED) is 0.801. The lowest BCUT2D eigenvalue weighted by molar-refractivity contribution is 0.245. The van der Waals surface area contributed by atoms with Gasteiger partial charge < -0.3 is 14.5 Å². The van der Waals surface area contributed by atoms with Crippen molar-refractivity contribution < 1.29 is 9.47 Å². The van der Waals surface area contributed by atoms with Gasteiger partial charge in [0.25, 0.3) is 0 Å². The Bertz CT molecular complexity index is 872. The molecule has 4 rings (SSSR count). The second kappa shape index (κ2) is 6.17. The van der Waals surface area contributed by atoms with E-state index < -0.39 is 0 Å². The summed E-state index contributed by atoms with van der Waals surface area (Å²) in [5, 5.41) is 0. The Kier molecular flexibility index (Phi) is 3.86. The second-order valence-corrected chi connectivity index (χ2v) is 6.15. The maximum Gasteiger partial charge on any atom is 0.161 e. The number of pyridine rings is 1. The fraction of sp³-hybridized carbons (Fsp3) is 0.316. The van der Waals surface area contributed by atoms with Crippen LogP contribution in [-0.4, -0.2) is 35.6 Å². The Morgan fingerprint density at radius 2 is 1.96 bits per heavy atom. The van der Waals surface area contributed by atoms with E-state index in [9.17, 15) is 0 Å². The number of nitrogens with zero attached hydrogens (tertiary/aromatic N) is 2. The van der Waals surface area contributed by atoms with Crippen LogP contribution in [0, 0.1) is 0 Å². The van der Waals surface area contributed by atoms with Gasteiger partial charge in [0.2, 0.25) is 0 Å². The molecular weight excluding hydrogens is 302 g/mol. The van der Waals surface area contributed by atoms with Crippen molar-refractivity contribution >= 4 is 11.0 Å². The monoisotopic (exact) mass is 323 g/mol. The fourth-order valence-electron chi connectivity index (χ4n) is 3.45. The standard InChI is InChI=1S/C19H21N3O2/c1-23-17-8-13-5-7-22(11-14(13)9-18(17)24-2)12-15-10-21-16-4-3-6-20-19(15)16/h3-4,6,8-10,21H,5,7,11-12H2,1-2H3. The first kappa shape index (κ1) is 15.0. The first-order valence-corrected chi connectivity index (χ1v) is 8.15. The number of benzene rings is 1. The lowest BCUT2D eigenvalue weighted by atomic mass is 9.98. The number of ether oxygens (including phenoxy) is 2. The van der Waals surface area contributed by atoms with Crippen LogP contribution in [0.1, 0.15) is 16.7 Å². The summed E-state index contributed by atoms with van der Waals surface area (Å²) < 4.78 is 10.9. The van der Waals surface area contributed by atoms with Crippen LogP contribution in [-0.2, 0) is 19.5 Å². The van der Waals surface area contributed by atoms with E-state index in [2.05, 4.69) is 39.3 Å². The van der Waals surface area contributed by atoms with Crippen molar-refractivity contribution in [3.05, 3.63) is 53.3 Å². The Labute approximate surface area is 141 Å². The minimum atomic E-state index is 0.798. The van der Waals surface area contributed by atoms with E-state index in [1.807, 2.05) is 12.3 Å². The SMILES string of the molecule is COc1cc2c(cc1OC)CN(Cc1c[nH]c3cccnc13)CC2. The summed E-state index contributed by atoms with van der Waals surface area (Å²) in [6.45, 7) is 2.84. The van der Waals surface area contributed by atoms with Crippen LogP contribution in [0.2, 0.25) is 0 Å². The van der Waals surface area contributed by atoms with E-state index in [0.717, 1.165) is 48.6 Å². The van der Waals surface area contributed by atoms with Gasteiger partial charge in [-0.3, -0.25) is 9.88 Å². The largest absolute Gasteiger partial charge is 0.493 e. The van der Waals surface area contributed by atoms with E-state index in [4.69, 9.17) is 9.47 Å². The van der Waals surface area contributed by atoms with Gasteiger partial charge in [-0.05, 0) is 41.8 Å². The molecule has 124 valence electrons. The van der Waals surface area contributed by atoms with Crippen LogP contribution in [0.15, 0.2) is 36.7 Å². The van der Waals surface area contributed by atoms with Gasteiger partial charge in [-0.1, -0.05) is 0 Å². The van der Waals surface area contributed by atoms with Crippen molar-refractivity contribution in [2.75, 3.05) is 20.8 Å². The molecule has 1 aliphatic rings. The molecule has 0 fully saturated rings. The van der Waals surface area contributed by atoms with E-state index in [1.165, 1.54) is 16.7 Å². The average Bonchev–Trinajstić information content (AvgIpc) is 3.03. The van der Waals surface area contributed by atoms with Gasteiger partial charge in [0.05, 0.1) is 25.3 Å². The predicted octanol–water partition coefficient (Wildman–Crippen LogP) is 3.14. The molecule has 0 saturated heterocycles. The molecule has 3 aromatic rings. The van der Waals surface area contributed by atoms with Crippen molar-refractivity contribution in [2.45, 2.75) is 19.5 Å². The zero-order chi connectivity index (χ0) is 16.5. The number of hydrogen-bond donors (Lipinski definition) is 1. The smallest absolute Gasteiger partial charge is 0.161 e. The molecule has 1 aromatic carbocycles. The summed E-state index contributed by atoms with van der Waals surface area (Å²) >= 11 is 0. The normalized spacial score (nSPS) is 14.6. The Balaban J connectivity index is 1.58. The molecule has 0 aliphatic carbocycles. The van der Waals surface area contributed by atoms with Crippen LogP contribution in [0.4, 0.5) is 0 Å². The van der Waals surface area contributed by atoms with Gasteiger partial charge in [-0.2, -0.15) is 0 Å². The van der Waals surface area contributed by atoms with Gasteiger partial charge in [0, 0.05) is 37.6 Å². The molecule has 3 heterocycles. The molecule has 0 saturated carbocycles. The molecule has 0 unspecified atom stereocenters. The third-order valence-corrected chi connectivity index (χ3v) is 4.70. The summed E-state index contributed by atoms with van der Waals surface area (Å²) in [6.07, 6.45) is 4.94. The van der Waals surface area contributed by atoms with Crippen LogP contribution < -0.4 is 9.47 Å². The highest BCUT2D eigenvalue weighted by molar-refractivity contribution is 5.78. The number of fused-ring (bicyclic) bond motifs is 2. The first-order chi connectivity index (χ1) is 11.8. The highest BCUT2D eigenvalue weighted by atomic mass is 16.5. The molecule has 0 bridgehead atoms. The molecule has 2 aromatic heterocycles. The highest BCUT2D eigenvalue weighted by Gasteiger charge is 2.20. The van der Waals surface area contributed by atoms with Crippen LogP contribution >= 0.6 is 0 Å². The van der Waals surface area contributed by atoms with Gasteiger partial charge in [-0.15, -0.1) is 0 Å². The van der Waals surface area contributed by atoms with E-state index >= 15 is 0 Å². The zero-order valence-electron chi connectivity index (χ0n) is 14.0. The first-order valence-electron chi connectivity index (χ1n) is 8.15. The van der Waals surface area contributed by atoms with Gasteiger partial charge >= 0.3 is 0 Å². The van der Waals surface area contributed by atoms with Gasteiger partial charge in [0.15, 0.2) is 11.5 Å². The molecule has 5 heteroatoms. The van der Waals surface area contributed by atoms with Gasteiger partial charge in [0.1, 0.15) is 0 Å². The Morgan fingerprint density at radius 3 is 2.75 bits per heavy atom. The Hall–Kier alpha value is -2.53. The predicted molar refractivity (Wildman–Crippen MR) is 93.5 cm³/mol. The van der Waals surface area contributed by atoms with Crippen molar-refractivity contribution in [3.63, 3.8) is 0 Å². The van der Waals surface area contributed by atoms with Crippen LogP contribution in [0.3, 0.4) is 0 Å². The number of H-pyrrole nitrogens is 1. The second-order valence-electron chi connectivity index (χ2n) is 6.15. The van der Waals surface area contributed by atoms with Crippen LogP contribution in [0.25, 0.3) is 11.0 Å². The topological polar surface area (TPSA) is 50.4 Å². The molecular formula is C19H21N3O2. The maximum atomic E-state index is 5.44. The minimum absolute atomic E-state index is 0.798. The van der Waals surface area contributed by atoms with E-state index in [1.54, 1.807) is 14.2 Å². The molecule has 24 heavy (non-hydrogen) atoms. The minimum Gasteiger partial charge on any atom is -0.493 e. The Morgan fingerprint density at radius 1 is 1.17 bits per heavy atom. The molecule has 0 amide bonds. The maximum absolute atomic E-state index is 5.44. The number of aromatic nitrogens is 2. The van der Waals surface area contributed by atoms with Crippen molar-refractivity contribution in [2.24, 2.45) is 0 Å². The van der Waals surface area contributed by atoms with Gasteiger partial charge in [-0.25, -0.2) is 0 Å². The number of methoxy groups -OCH3 is 2. The average molecular weight is 323 g/mol. The van der Waals surface area contributed by atoms with Crippen LogP contribution in [0.5, 0.6) is 11.5 Å². The summed E-state index contributed by atoms with van der Waals surface area (Å²) in [7, 11) is 3.37. The third kappa shape index (κ3) is 2.61. The number of hydrogen-bond acceptors (Lipinski definition) is 4. The molecule has 1 aliphatic heterocycles. The van der Waals surface area contributed by atoms with E-state index in [-0.39, 0.29) is 0 Å². The van der Waals surface area contributed by atoms with Crippen molar-refractivity contribution in [1.29, 1.82) is 0 Å². The molecule has 1 N–H and O–H groups in total. The molecule has 0 radical (unpaired) electrons. The fourth-order valence-corrected chi connectivity index (χ4v) is 3.45. The summed E-state index contributed by atoms with van der Waals surface area (Å²) in [4.78, 5) is 10.3. The summed E-state index contributed by atoms with van der Waals surface area (Å²) in [5.74, 6) is 1.61. The number of aromatic amines is 1. The van der Waals surface area contributed by atoms with E-state index in [0.29, 0.717) is 0 Å². The summed E-state index contributed by atoms with van der Waals surface area (Å²) in [6, 6.07) is 8.24. The summed E-state index contributed by atoms with van der Waals surface area (Å²) in [5.41, 5.74) is 6.06. The molecule has 0 atom stereocenters. The molecule has 5 nitrogen and oxygen atoms in total. The number of rotatable bonds is 4. The zero-order valence-corrected chi connectivity index (χ0v) is 14.0. The lowest BCUT2D eigenvalue weighted by Crippen LogP contribution is -2.30. The third-order valence-electron chi connectivity index (χ3n) is 4.70. The molecule has 0 spiro atoms. The lowest BCUT2D eigenvalue weighted by Gasteiger charge is -2.29. The van der Waals surface area contributed by atoms with Crippen molar-refractivity contribution in [3.8, 4) is 11.5 Å².